The highest BCUT2D eigenvalue weighted by Crippen LogP contribution is 2.14. The van der Waals surface area contributed by atoms with Crippen LogP contribution in [0.2, 0.25) is 0 Å². The summed E-state index contributed by atoms with van der Waals surface area (Å²) in [6.07, 6.45) is 5.48. The van der Waals surface area contributed by atoms with E-state index in [4.69, 9.17) is 0 Å². The van der Waals surface area contributed by atoms with Gasteiger partial charge in [-0.1, -0.05) is 20.8 Å². The van der Waals surface area contributed by atoms with Gasteiger partial charge in [-0.25, -0.2) is 4.98 Å². The number of aryl methyl sites for hydroxylation is 1. The van der Waals surface area contributed by atoms with E-state index >= 15 is 0 Å². The van der Waals surface area contributed by atoms with E-state index in [1.165, 1.54) is 0 Å². The fraction of sp³-hybridized carbons (Fsp3) is 0.692. The van der Waals surface area contributed by atoms with E-state index in [0.717, 1.165) is 6.42 Å². The van der Waals surface area contributed by atoms with Gasteiger partial charge in [-0.05, 0) is 19.3 Å². The summed E-state index contributed by atoms with van der Waals surface area (Å²) in [6, 6.07) is 0. The molecule has 2 N–H and O–H groups in total. The van der Waals surface area contributed by atoms with Gasteiger partial charge in [-0.3, -0.25) is 4.79 Å². The molecule has 5 nitrogen and oxygen atoms in total. The Labute approximate surface area is 108 Å². The Morgan fingerprint density at radius 3 is 2.61 bits per heavy atom. The van der Waals surface area contributed by atoms with Crippen LogP contribution in [0.25, 0.3) is 0 Å². The van der Waals surface area contributed by atoms with Crippen LogP contribution in [0, 0.1) is 0 Å². The zero-order valence-electron chi connectivity index (χ0n) is 11.4. The molecular formula is C13H23N3O2. The number of rotatable bonds is 7. The molecule has 0 saturated carbocycles. The van der Waals surface area contributed by atoms with E-state index in [9.17, 15) is 9.90 Å². The predicted molar refractivity (Wildman–Crippen MR) is 72.8 cm³/mol. The molecule has 0 aromatic carbocycles. The summed E-state index contributed by atoms with van der Waals surface area (Å²) < 4.78 is 1.63. The molecule has 1 rings (SSSR count). The minimum absolute atomic E-state index is 0.131. The third-order valence-electron chi connectivity index (χ3n) is 3.28. The molecule has 0 aliphatic heterocycles. The molecule has 0 unspecified atom stereocenters. The van der Waals surface area contributed by atoms with Crippen molar-refractivity contribution in [3.63, 3.8) is 0 Å². The molecule has 0 aliphatic rings. The number of nitrogens with zero attached hydrogens (tertiary/aromatic N) is 2. The molecule has 18 heavy (non-hydrogen) atoms. The summed E-state index contributed by atoms with van der Waals surface area (Å²) in [5.74, 6) is 0.311. The fourth-order valence-electron chi connectivity index (χ4n) is 1.73. The molecule has 1 aromatic rings. The lowest BCUT2D eigenvalue weighted by Gasteiger charge is -2.25. The number of aromatic nitrogens is 2. The third-order valence-corrected chi connectivity index (χ3v) is 3.28. The first-order valence-electron chi connectivity index (χ1n) is 6.58. The van der Waals surface area contributed by atoms with Crippen LogP contribution in [0.1, 0.15) is 40.0 Å². The summed E-state index contributed by atoms with van der Waals surface area (Å²) >= 11 is 0. The van der Waals surface area contributed by atoms with Crippen molar-refractivity contribution in [2.24, 2.45) is 0 Å². The minimum atomic E-state index is -0.778. The van der Waals surface area contributed by atoms with Crippen LogP contribution in [0.5, 0.6) is 0 Å². The summed E-state index contributed by atoms with van der Waals surface area (Å²) in [7, 11) is 0. The highest BCUT2D eigenvalue weighted by atomic mass is 16.3. The van der Waals surface area contributed by atoms with Crippen LogP contribution < -0.4 is 10.9 Å². The van der Waals surface area contributed by atoms with Gasteiger partial charge >= 0.3 is 0 Å². The lowest BCUT2D eigenvalue weighted by Crippen LogP contribution is -2.37. The molecule has 1 heterocycles. The van der Waals surface area contributed by atoms with Gasteiger partial charge < -0.3 is 15.0 Å². The number of hydrogen-bond acceptors (Lipinski definition) is 4. The molecule has 0 bridgehead atoms. The van der Waals surface area contributed by atoms with Crippen molar-refractivity contribution >= 4 is 5.82 Å². The van der Waals surface area contributed by atoms with Crippen LogP contribution in [-0.2, 0) is 6.54 Å². The van der Waals surface area contributed by atoms with Crippen molar-refractivity contribution < 1.29 is 5.11 Å². The van der Waals surface area contributed by atoms with Gasteiger partial charge in [0.05, 0.1) is 5.60 Å². The molecule has 5 heteroatoms. The Kier molecular flexibility index (Phi) is 5.34. The van der Waals surface area contributed by atoms with E-state index in [0.29, 0.717) is 31.7 Å². The number of nitrogens with one attached hydrogen (secondary N) is 1. The second kappa shape index (κ2) is 6.54. The van der Waals surface area contributed by atoms with Crippen molar-refractivity contribution in [2.75, 3.05) is 11.9 Å². The van der Waals surface area contributed by atoms with Crippen LogP contribution in [-0.4, -0.2) is 26.8 Å². The standard InChI is InChI=1S/C13H23N3O2/c1-4-8-16-9-7-14-11(12(16)17)15-10-13(18,5-2)6-3/h7,9,18H,4-6,8,10H2,1-3H3,(H,14,15). The SMILES string of the molecule is CCCn1ccnc(NCC(O)(CC)CC)c1=O. The molecule has 102 valence electrons. The zero-order chi connectivity index (χ0) is 13.6. The first kappa shape index (κ1) is 14.7. The summed E-state index contributed by atoms with van der Waals surface area (Å²) in [5.41, 5.74) is -0.909. The van der Waals surface area contributed by atoms with Crippen molar-refractivity contribution in [2.45, 2.75) is 52.2 Å². The molecule has 1 aromatic heterocycles. The van der Waals surface area contributed by atoms with Crippen LogP contribution in [0.4, 0.5) is 5.82 Å². The Morgan fingerprint density at radius 2 is 2.06 bits per heavy atom. The second-order valence-corrected chi connectivity index (χ2v) is 4.56. The van der Waals surface area contributed by atoms with Gasteiger partial charge in [0.1, 0.15) is 0 Å². The Morgan fingerprint density at radius 1 is 1.39 bits per heavy atom. The average Bonchev–Trinajstić information content (AvgIpc) is 2.39. The van der Waals surface area contributed by atoms with Crippen molar-refractivity contribution in [3.05, 3.63) is 22.7 Å². The topological polar surface area (TPSA) is 67.2 Å². The van der Waals surface area contributed by atoms with Gasteiger partial charge in [0.25, 0.3) is 5.56 Å². The van der Waals surface area contributed by atoms with E-state index < -0.39 is 5.60 Å². The number of hydrogen-bond donors (Lipinski definition) is 2. The quantitative estimate of drug-likeness (QED) is 0.775. The molecule has 0 spiro atoms. The monoisotopic (exact) mass is 253 g/mol. The van der Waals surface area contributed by atoms with Crippen molar-refractivity contribution in [1.29, 1.82) is 0 Å². The lowest BCUT2D eigenvalue weighted by atomic mass is 9.98. The highest BCUT2D eigenvalue weighted by molar-refractivity contribution is 5.31. The van der Waals surface area contributed by atoms with E-state index in [-0.39, 0.29) is 5.56 Å². The summed E-state index contributed by atoms with van der Waals surface area (Å²) in [5, 5.41) is 13.1. The average molecular weight is 253 g/mol. The van der Waals surface area contributed by atoms with Crippen LogP contribution >= 0.6 is 0 Å². The normalized spacial score (nSPS) is 11.6. The van der Waals surface area contributed by atoms with Gasteiger partial charge in [0.2, 0.25) is 0 Å². The first-order valence-corrected chi connectivity index (χ1v) is 6.58. The van der Waals surface area contributed by atoms with Gasteiger partial charge in [0.15, 0.2) is 5.82 Å². The van der Waals surface area contributed by atoms with Crippen LogP contribution in [0.3, 0.4) is 0 Å². The van der Waals surface area contributed by atoms with Crippen LogP contribution in [0.15, 0.2) is 17.2 Å². The largest absolute Gasteiger partial charge is 0.388 e. The van der Waals surface area contributed by atoms with Gasteiger partial charge in [0, 0.05) is 25.5 Å². The highest BCUT2D eigenvalue weighted by Gasteiger charge is 2.22. The van der Waals surface area contributed by atoms with Gasteiger partial charge in [-0.2, -0.15) is 0 Å². The maximum absolute atomic E-state index is 12.0. The maximum atomic E-state index is 12.0. The smallest absolute Gasteiger partial charge is 0.293 e. The molecular weight excluding hydrogens is 230 g/mol. The molecule has 0 saturated heterocycles. The fourth-order valence-corrected chi connectivity index (χ4v) is 1.73. The first-order chi connectivity index (χ1) is 8.56. The minimum Gasteiger partial charge on any atom is -0.388 e. The van der Waals surface area contributed by atoms with Crippen molar-refractivity contribution in [3.8, 4) is 0 Å². The maximum Gasteiger partial charge on any atom is 0.293 e. The van der Waals surface area contributed by atoms with E-state index in [1.807, 2.05) is 20.8 Å². The molecule has 0 atom stereocenters. The summed E-state index contributed by atoms with van der Waals surface area (Å²) in [4.78, 5) is 16.0. The second-order valence-electron chi connectivity index (χ2n) is 4.56. The number of aliphatic hydroxyl groups is 1. The molecule has 0 radical (unpaired) electrons. The van der Waals surface area contributed by atoms with Gasteiger partial charge in [-0.15, -0.1) is 0 Å². The predicted octanol–water partition coefficient (Wildman–Crippen LogP) is 1.62. The Hall–Kier alpha value is -1.36. The Bertz CT molecular complexity index is 424. The lowest BCUT2D eigenvalue weighted by molar-refractivity contribution is 0.0456. The molecule has 0 amide bonds. The summed E-state index contributed by atoms with van der Waals surface area (Å²) in [6.45, 7) is 6.91. The Balaban J connectivity index is 2.79. The molecule has 0 aliphatic carbocycles. The third kappa shape index (κ3) is 3.57. The van der Waals surface area contributed by atoms with E-state index in [1.54, 1.807) is 17.0 Å². The van der Waals surface area contributed by atoms with Crippen molar-refractivity contribution in [1.82, 2.24) is 9.55 Å². The zero-order valence-corrected chi connectivity index (χ0v) is 11.4. The number of anilines is 1. The van der Waals surface area contributed by atoms with E-state index in [2.05, 4.69) is 10.3 Å². The molecule has 0 fully saturated rings.